The van der Waals surface area contributed by atoms with E-state index in [-0.39, 0.29) is 0 Å². The molecule has 1 aromatic rings. The van der Waals surface area contributed by atoms with Gasteiger partial charge in [-0.2, -0.15) is 0 Å². The fourth-order valence-corrected chi connectivity index (χ4v) is 2.38. The van der Waals surface area contributed by atoms with Crippen LogP contribution in [0, 0.1) is 0 Å². The zero-order valence-corrected chi connectivity index (χ0v) is 11.0. The molecule has 0 aliphatic carbocycles. The summed E-state index contributed by atoms with van der Waals surface area (Å²) >= 11 is 0. The molecule has 0 N–H and O–H groups in total. The highest BCUT2D eigenvalue weighted by atomic mass is 16.3. The number of benzene rings is 1. The molecule has 0 saturated heterocycles. The summed E-state index contributed by atoms with van der Waals surface area (Å²) in [6, 6.07) is 6.31. The highest BCUT2D eigenvalue weighted by Crippen LogP contribution is 2.29. The molecular formula is C15H23O. The molecule has 0 saturated carbocycles. The highest BCUT2D eigenvalue weighted by molar-refractivity contribution is 5.39. The molecule has 0 aliphatic heterocycles. The first kappa shape index (κ1) is 13.2. The van der Waals surface area contributed by atoms with Crippen LogP contribution in [-0.2, 0) is 23.5 Å². The van der Waals surface area contributed by atoms with Crippen LogP contribution in [0.2, 0.25) is 0 Å². The molecule has 1 aromatic carbocycles. The molecule has 0 amide bonds. The fourth-order valence-electron chi connectivity index (χ4n) is 2.38. The van der Waals surface area contributed by atoms with Crippen LogP contribution in [0.15, 0.2) is 18.2 Å². The van der Waals surface area contributed by atoms with E-state index in [0.717, 1.165) is 31.2 Å². The molecule has 1 heteroatoms. The van der Waals surface area contributed by atoms with Gasteiger partial charge in [-0.05, 0) is 43.4 Å². The first-order valence-corrected chi connectivity index (χ1v) is 6.32. The smallest absolute Gasteiger partial charge is 0.123 e. The van der Waals surface area contributed by atoms with Gasteiger partial charge in [0.25, 0.3) is 0 Å². The summed E-state index contributed by atoms with van der Waals surface area (Å²) in [7, 11) is 0. The minimum absolute atomic E-state index is 0.976. The third kappa shape index (κ3) is 3.08. The van der Waals surface area contributed by atoms with Crippen molar-refractivity contribution in [3.8, 4) is 0 Å². The van der Waals surface area contributed by atoms with Crippen molar-refractivity contribution in [3.63, 3.8) is 0 Å². The zero-order valence-electron chi connectivity index (χ0n) is 11.0. The Morgan fingerprint density at radius 1 is 1.00 bits per heavy atom. The SMILES string of the molecule is CCCc1cccc(CCC)c1C(C)(C)[O]. The van der Waals surface area contributed by atoms with E-state index in [1.165, 1.54) is 11.1 Å². The van der Waals surface area contributed by atoms with Gasteiger partial charge in [0.15, 0.2) is 0 Å². The van der Waals surface area contributed by atoms with Crippen LogP contribution in [0.25, 0.3) is 0 Å². The first-order valence-electron chi connectivity index (χ1n) is 6.32. The molecule has 1 rings (SSSR count). The molecule has 0 aliphatic rings. The molecule has 0 atom stereocenters. The summed E-state index contributed by atoms with van der Waals surface area (Å²) in [6.45, 7) is 7.88. The van der Waals surface area contributed by atoms with Gasteiger partial charge in [0.1, 0.15) is 5.60 Å². The maximum atomic E-state index is 12.3. The molecule has 0 spiro atoms. The van der Waals surface area contributed by atoms with Crippen LogP contribution in [0.5, 0.6) is 0 Å². The molecular weight excluding hydrogens is 196 g/mol. The Morgan fingerprint density at radius 2 is 1.44 bits per heavy atom. The second kappa shape index (κ2) is 5.49. The van der Waals surface area contributed by atoms with Crippen LogP contribution in [-0.4, -0.2) is 0 Å². The summed E-state index contributed by atoms with van der Waals surface area (Å²) in [4.78, 5) is 0. The highest BCUT2D eigenvalue weighted by Gasteiger charge is 2.24. The first-order chi connectivity index (χ1) is 7.50. The van der Waals surface area contributed by atoms with Crippen molar-refractivity contribution in [2.45, 2.75) is 59.0 Å². The second-order valence-electron chi connectivity index (χ2n) is 4.96. The van der Waals surface area contributed by atoms with Crippen LogP contribution >= 0.6 is 0 Å². The van der Waals surface area contributed by atoms with Crippen molar-refractivity contribution >= 4 is 0 Å². The van der Waals surface area contributed by atoms with Crippen molar-refractivity contribution in [2.75, 3.05) is 0 Å². The molecule has 0 fully saturated rings. The molecule has 1 radical (unpaired) electrons. The minimum Gasteiger partial charge on any atom is -0.225 e. The van der Waals surface area contributed by atoms with Crippen LogP contribution in [0.4, 0.5) is 0 Å². The molecule has 16 heavy (non-hydrogen) atoms. The normalized spacial score (nSPS) is 11.8. The Balaban J connectivity index is 3.23. The van der Waals surface area contributed by atoms with Crippen molar-refractivity contribution in [2.24, 2.45) is 0 Å². The topological polar surface area (TPSA) is 19.9 Å². The zero-order chi connectivity index (χ0) is 12.2. The van der Waals surface area contributed by atoms with Crippen molar-refractivity contribution in [3.05, 3.63) is 34.9 Å². The van der Waals surface area contributed by atoms with Crippen molar-refractivity contribution in [1.82, 2.24) is 0 Å². The Labute approximate surface area is 99.5 Å². The van der Waals surface area contributed by atoms with Crippen molar-refractivity contribution in [1.29, 1.82) is 0 Å². The fraction of sp³-hybridized carbons (Fsp3) is 0.600. The molecule has 89 valence electrons. The molecule has 1 nitrogen and oxygen atoms in total. The van der Waals surface area contributed by atoms with E-state index in [2.05, 4.69) is 32.0 Å². The standard InChI is InChI=1S/C15H23O/c1-5-8-12-10-7-11-13(9-6-2)14(12)15(3,4)16/h7,10-11H,5-6,8-9H2,1-4H3. The van der Waals surface area contributed by atoms with Gasteiger partial charge >= 0.3 is 0 Å². The van der Waals surface area contributed by atoms with E-state index < -0.39 is 5.60 Å². The Morgan fingerprint density at radius 3 is 1.75 bits per heavy atom. The number of rotatable bonds is 5. The third-order valence-electron chi connectivity index (χ3n) is 2.88. The predicted octanol–water partition coefficient (Wildman–Crippen LogP) is 4.26. The van der Waals surface area contributed by atoms with Crippen molar-refractivity contribution < 1.29 is 5.11 Å². The van der Waals surface area contributed by atoms with E-state index in [0.29, 0.717) is 0 Å². The average molecular weight is 219 g/mol. The summed E-state index contributed by atoms with van der Waals surface area (Å²) in [5, 5.41) is 12.3. The number of aryl methyl sites for hydroxylation is 2. The summed E-state index contributed by atoms with van der Waals surface area (Å²) in [5.41, 5.74) is 2.55. The van der Waals surface area contributed by atoms with Gasteiger partial charge in [0.05, 0.1) is 0 Å². The second-order valence-corrected chi connectivity index (χ2v) is 4.96. The van der Waals surface area contributed by atoms with Gasteiger partial charge in [-0.3, -0.25) is 0 Å². The maximum absolute atomic E-state index is 12.3. The maximum Gasteiger partial charge on any atom is 0.123 e. The Kier molecular flexibility index (Phi) is 4.55. The minimum atomic E-state index is -0.976. The number of hydrogen-bond donors (Lipinski definition) is 0. The van der Waals surface area contributed by atoms with E-state index in [1.807, 2.05) is 0 Å². The average Bonchev–Trinajstić information content (AvgIpc) is 2.17. The van der Waals surface area contributed by atoms with Gasteiger partial charge < -0.3 is 0 Å². The Bertz CT molecular complexity index is 310. The van der Waals surface area contributed by atoms with E-state index in [4.69, 9.17) is 0 Å². The quantitative estimate of drug-likeness (QED) is 0.705. The summed E-state index contributed by atoms with van der Waals surface area (Å²) < 4.78 is 0. The van der Waals surface area contributed by atoms with Gasteiger partial charge in [-0.25, -0.2) is 5.11 Å². The molecule has 0 aromatic heterocycles. The number of hydrogen-bond acceptors (Lipinski definition) is 0. The van der Waals surface area contributed by atoms with E-state index >= 15 is 0 Å². The lowest BCUT2D eigenvalue weighted by molar-refractivity contribution is -0.00160. The van der Waals surface area contributed by atoms with Gasteiger partial charge in [-0.1, -0.05) is 44.9 Å². The van der Waals surface area contributed by atoms with Crippen LogP contribution < -0.4 is 0 Å². The van der Waals surface area contributed by atoms with Crippen LogP contribution in [0.3, 0.4) is 0 Å². The van der Waals surface area contributed by atoms with Gasteiger partial charge in [0, 0.05) is 0 Å². The predicted molar refractivity (Wildman–Crippen MR) is 68.1 cm³/mol. The lowest BCUT2D eigenvalue weighted by Crippen LogP contribution is -2.19. The molecule has 0 unspecified atom stereocenters. The summed E-state index contributed by atoms with van der Waals surface area (Å²) in [6.07, 6.45) is 4.22. The third-order valence-corrected chi connectivity index (χ3v) is 2.88. The molecule has 0 heterocycles. The van der Waals surface area contributed by atoms with E-state index in [1.54, 1.807) is 13.8 Å². The van der Waals surface area contributed by atoms with Gasteiger partial charge in [-0.15, -0.1) is 0 Å². The summed E-state index contributed by atoms with van der Waals surface area (Å²) in [5.74, 6) is 0. The molecule has 0 bridgehead atoms. The largest absolute Gasteiger partial charge is 0.225 e. The lowest BCUT2D eigenvalue weighted by atomic mass is 9.85. The monoisotopic (exact) mass is 219 g/mol. The Hall–Kier alpha value is -0.820. The van der Waals surface area contributed by atoms with Gasteiger partial charge in [0.2, 0.25) is 0 Å². The lowest BCUT2D eigenvalue weighted by Gasteiger charge is -2.23. The van der Waals surface area contributed by atoms with E-state index in [9.17, 15) is 5.11 Å². The van der Waals surface area contributed by atoms with Crippen LogP contribution in [0.1, 0.15) is 57.2 Å².